The van der Waals surface area contributed by atoms with E-state index in [4.69, 9.17) is 53.8 Å². The van der Waals surface area contributed by atoms with Crippen LogP contribution in [0.25, 0.3) is 22.0 Å². The lowest BCUT2D eigenvalue weighted by molar-refractivity contribution is 0.0733. The summed E-state index contributed by atoms with van der Waals surface area (Å²) in [5.41, 5.74) is 4.94. The van der Waals surface area contributed by atoms with Gasteiger partial charge in [0, 0.05) is 37.6 Å². The van der Waals surface area contributed by atoms with E-state index < -0.39 is 11.9 Å². The van der Waals surface area contributed by atoms with Gasteiger partial charge in [-0.1, -0.05) is 65.1 Å². The highest BCUT2D eigenvalue weighted by Gasteiger charge is 2.23. The van der Waals surface area contributed by atoms with Gasteiger partial charge in [0.05, 0.1) is 38.1 Å². The third-order valence-corrected chi connectivity index (χ3v) is 7.42. The first-order chi connectivity index (χ1) is 21.2. The van der Waals surface area contributed by atoms with E-state index in [1.165, 1.54) is 39.7 Å². The number of rotatable bonds is 9. The van der Waals surface area contributed by atoms with Gasteiger partial charge in [-0.2, -0.15) is 5.10 Å². The molecule has 0 aliphatic rings. The number of carbonyl (C=O) groups is 2. The smallest absolute Gasteiger partial charge is 0.343 e. The minimum absolute atomic E-state index is 0.171. The van der Waals surface area contributed by atoms with Gasteiger partial charge in [0.15, 0.2) is 11.5 Å². The molecular formula is C32H24Cl3N3O6. The number of hydrazone groups is 1. The fourth-order valence-electron chi connectivity index (χ4n) is 4.61. The molecule has 1 amide bonds. The van der Waals surface area contributed by atoms with Crippen molar-refractivity contribution in [1.29, 1.82) is 0 Å². The van der Waals surface area contributed by atoms with Gasteiger partial charge < -0.3 is 23.9 Å². The first-order valence-corrected chi connectivity index (χ1v) is 14.1. The summed E-state index contributed by atoms with van der Waals surface area (Å²) < 4.78 is 21.6. The Morgan fingerprint density at radius 3 is 2.18 bits per heavy atom. The van der Waals surface area contributed by atoms with Crippen molar-refractivity contribution in [2.24, 2.45) is 5.10 Å². The number of hydrogen-bond donors (Lipinski definition) is 2. The van der Waals surface area contributed by atoms with Gasteiger partial charge in [-0.25, -0.2) is 10.2 Å². The number of H-pyrrole nitrogens is 1. The number of benzene rings is 4. The normalized spacial score (nSPS) is 11.0. The van der Waals surface area contributed by atoms with Crippen LogP contribution in [0.4, 0.5) is 0 Å². The molecule has 5 aromatic rings. The van der Waals surface area contributed by atoms with Gasteiger partial charge in [-0.15, -0.1) is 0 Å². The van der Waals surface area contributed by atoms with Crippen molar-refractivity contribution >= 4 is 63.8 Å². The number of nitrogens with zero attached hydrogens (tertiary/aromatic N) is 1. The lowest BCUT2D eigenvalue weighted by Gasteiger charge is -2.14. The van der Waals surface area contributed by atoms with Crippen LogP contribution >= 0.6 is 34.8 Å². The first kappa shape index (κ1) is 30.7. The molecular weight excluding hydrogens is 629 g/mol. The van der Waals surface area contributed by atoms with Crippen LogP contribution < -0.4 is 24.4 Å². The minimum Gasteiger partial charge on any atom is -0.493 e. The van der Waals surface area contributed by atoms with Crippen molar-refractivity contribution in [2.75, 3.05) is 21.3 Å². The van der Waals surface area contributed by atoms with Gasteiger partial charge in [-0.05, 0) is 42.5 Å². The monoisotopic (exact) mass is 651 g/mol. The fraction of sp³-hybridized carbons (Fsp3) is 0.0938. The van der Waals surface area contributed by atoms with Gasteiger partial charge in [-0.3, -0.25) is 4.79 Å². The number of hydrogen-bond acceptors (Lipinski definition) is 7. The number of fused-ring (bicyclic) bond motifs is 1. The number of esters is 1. The molecule has 0 radical (unpaired) electrons. The highest BCUT2D eigenvalue weighted by atomic mass is 35.5. The summed E-state index contributed by atoms with van der Waals surface area (Å²) >= 11 is 19.3. The third kappa shape index (κ3) is 6.16. The number of ether oxygens (including phenoxy) is 4. The molecule has 5 rings (SSSR count). The lowest BCUT2D eigenvalue weighted by Crippen LogP contribution is -2.19. The SMILES string of the molecule is COc1cc(C(=O)Oc2ccccc2C=NNC(=O)c2[nH]c3cc(Cl)cc(Cl)c3c2-c2ccccc2Cl)cc(OC)c1OC. The predicted molar refractivity (Wildman–Crippen MR) is 171 cm³/mol. The third-order valence-electron chi connectivity index (χ3n) is 6.58. The molecule has 1 heterocycles. The number of aromatic nitrogens is 1. The van der Waals surface area contributed by atoms with E-state index in [2.05, 4.69) is 15.5 Å². The van der Waals surface area contributed by atoms with E-state index in [-0.39, 0.29) is 17.0 Å². The van der Waals surface area contributed by atoms with Crippen LogP contribution in [0.2, 0.25) is 15.1 Å². The molecule has 0 atom stereocenters. The Morgan fingerprint density at radius 2 is 1.50 bits per heavy atom. The Morgan fingerprint density at radius 1 is 0.818 bits per heavy atom. The molecule has 44 heavy (non-hydrogen) atoms. The van der Waals surface area contributed by atoms with E-state index >= 15 is 0 Å². The summed E-state index contributed by atoms with van der Waals surface area (Å²) in [6, 6.07) is 20.0. The number of aromatic amines is 1. The second-order valence-corrected chi connectivity index (χ2v) is 10.5. The molecule has 0 saturated heterocycles. The molecule has 1 aromatic heterocycles. The lowest BCUT2D eigenvalue weighted by atomic mass is 10.0. The molecule has 0 saturated carbocycles. The fourth-order valence-corrected chi connectivity index (χ4v) is 5.42. The zero-order valence-corrected chi connectivity index (χ0v) is 25.8. The molecule has 224 valence electrons. The Kier molecular flexibility index (Phi) is 9.29. The summed E-state index contributed by atoms with van der Waals surface area (Å²) in [6.45, 7) is 0. The van der Waals surface area contributed by atoms with E-state index in [0.29, 0.717) is 59.9 Å². The Hall–Kier alpha value is -4.70. The average Bonchev–Trinajstić information content (AvgIpc) is 3.40. The second-order valence-electron chi connectivity index (χ2n) is 9.21. The highest BCUT2D eigenvalue weighted by molar-refractivity contribution is 6.41. The molecule has 0 unspecified atom stereocenters. The molecule has 0 spiro atoms. The van der Waals surface area contributed by atoms with Crippen LogP contribution in [0, 0.1) is 0 Å². The van der Waals surface area contributed by atoms with Crippen LogP contribution in [0.1, 0.15) is 26.4 Å². The predicted octanol–water partition coefficient (Wildman–Crippen LogP) is 7.80. The van der Waals surface area contributed by atoms with Gasteiger partial charge in [0.2, 0.25) is 5.75 Å². The molecule has 0 aliphatic carbocycles. The topological polar surface area (TPSA) is 111 Å². The van der Waals surface area contributed by atoms with E-state index in [1.54, 1.807) is 60.7 Å². The van der Waals surface area contributed by atoms with E-state index in [9.17, 15) is 9.59 Å². The van der Waals surface area contributed by atoms with E-state index in [0.717, 1.165) is 0 Å². The first-order valence-electron chi connectivity index (χ1n) is 13.0. The zero-order valence-electron chi connectivity index (χ0n) is 23.5. The van der Waals surface area contributed by atoms with Crippen molar-refractivity contribution in [1.82, 2.24) is 10.4 Å². The Balaban J connectivity index is 1.42. The Labute approximate surface area is 267 Å². The van der Waals surface area contributed by atoms with Crippen molar-refractivity contribution in [3.8, 4) is 34.1 Å². The summed E-state index contributed by atoms with van der Waals surface area (Å²) in [5, 5.41) is 5.89. The molecule has 12 heteroatoms. The maximum atomic E-state index is 13.4. The number of nitrogens with one attached hydrogen (secondary N) is 2. The quantitative estimate of drug-likeness (QED) is 0.0728. The van der Waals surface area contributed by atoms with Crippen molar-refractivity contribution < 1.29 is 28.5 Å². The molecule has 0 aliphatic heterocycles. The molecule has 9 nitrogen and oxygen atoms in total. The van der Waals surface area contributed by atoms with Crippen LogP contribution in [0.5, 0.6) is 23.0 Å². The van der Waals surface area contributed by atoms with Crippen molar-refractivity contribution in [3.05, 3.63) is 105 Å². The summed E-state index contributed by atoms with van der Waals surface area (Å²) in [5.74, 6) is -0.0967. The zero-order chi connectivity index (χ0) is 31.4. The molecule has 4 aromatic carbocycles. The maximum Gasteiger partial charge on any atom is 0.343 e. The highest BCUT2D eigenvalue weighted by Crippen LogP contribution is 2.41. The van der Waals surface area contributed by atoms with Crippen LogP contribution in [0.15, 0.2) is 77.9 Å². The molecule has 0 bridgehead atoms. The number of halogens is 3. The number of para-hydroxylation sites is 1. The average molecular weight is 653 g/mol. The van der Waals surface area contributed by atoms with E-state index in [1.807, 2.05) is 0 Å². The standard InChI is InChI=1S/C32H24Cl3N3O6/c1-41-25-12-18(13-26(42-2)30(25)43-3)32(40)44-24-11-7-4-8-17(24)16-36-38-31(39)29-27(20-9-5-6-10-21(20)34)28-22(35)14-19(33)15-23(28)37-29/h4-16,37H,1-3H3,(H,38,39). The van der Waals surface area contributed by atoms with Gasteiger partial charge in [0.25, 0.3) is 5.91 Å². The second kappa shape index (κ2) is 13.3. The minimum atomic E-state index is -0.674. The largest absolute Gasteiger partial charge is 0.493 e. The van der Waals surface area contributed by atoms with Crippen LogP contribution in [-0.2, 0) is 0 Å². The van der Waals surface area contributed by atoms with Crippen molar-refractivity contribution in [2.45, 2.75) is 0 Å². The molecule has 0 fully saturated rings. The summed E-state index contributed by atoms with van der Waals surface area (Å²) in [7, 11) is 4.36. The van der Waals surface area contributed by atoms with Crippen molar-refractivity contribution in [3.63, 3.8) is 0 Å². The summed E-state index contributed by atoms with van der Waals surface area (Å²) in [6.07, 6.45) is 1.36. The Bertz CT molecular complexity index is 1900. The number of amides is 1. The van der Waals surface area contributed by atoms with Gasteiger partial charge in [0.1, 0.15) is 11.4 Å². The maximum absolute atomic E-state index is 13.4. The van der Waals surface area contributed by atoms with Crippen LogP contribution in [0.3, 0.4) is 0 Å². The number of carbonyl (C=O) groups excluding carboxylic acids is 2. The van der Waals surface area contributed by atoms with Gasteiger partial charge >= 0.3 is 5.97 Å². The van der Waals surface area contributed by atoms with Crippen LogP contribution in [-0.4, -0.2) is 44.4 Å². The molecule has 2 N–H and O–H groups in total. The number of methoxy groups -OCH3 is 3. The summed E-state index contributed by atoms with van der Waals surface area (Å²) in [4.78, 5) is 29.6.